The van der Waals surface area contributed by atoms with Crippen molar-refractivity contribution in [2.75, 3.05) is 20.3 Å². The van der Waals surface area contributed by atoms with Crippen molar-refractivity contribution in [2.24, 2.45) is 0 Å². The predicted molar refractivity (Wildman–Crippen MR) is 57.3 cm³/mol. The molecule has 0 amide bonds. The van der Waals surface area contributed by atoms with Crippen molar-refractivity contribution in [3.05, 3.63) is 11.4 Å². The van der Waals surface area contributed by atoms with E-state index in [0.717, 1.165) is 18.5 Å². The first-order chi connectivity index (χ1) is 7.83. The van der Waals surface area contributed by atoms with E-state index in [1.54, 1.807) is 11.8 Å². The number of rotatable bonds is 8. The van der Waals surface area contributed by atoms with Gasteiger partial charge in [-0.05, 0) is 12.8 Å². The maximum absolute atomic E-state index is 10.7. The van der Waals surface area contributed by atoms with Gasteiger partial charge >= 0.3 is 0 Å². The van der Waals surface area contributed by atoms with Gasteiger partial charge < -0.3 is 9.84 Å². The Kier molecular flexibility index (Phi) is 5.66. The lowest BCUT2D eigenvalue weighted by Crippen LogP contribution is -2.09. The van der Waals surface area contributed by atoms with E-state index >= 15 is 0 Å². The summed E-state index contributed by atoms with van der Waals surface area (Å²) >= 11 is 0. The minimum absolute atomic E-state index is 0.169. The Bertz CT molecular complexity index is 325. The summed E-state index contributed by atoms with van der Waals surface area (Å²) in [6.07, 6.45) is 2.87. The summed E-state index contributed by atoms with van der Waals surface area (Å²) in [5, 5.41) is 16.4. The highest BCUT2D eigenvalue weighted by Crippen LogP contribution is 2.06. The standard InChI is InChI=1S/C10H17N3O3/c1-16-7-4-10-9(8-15)11-12-13(10)5-2-3-6-14/h8,14H,2-7H2,1H3. The number of aromatic nitrogens is 3. The molecule has 6 heteroatoms. The lowest BCUT2D eigenvalue weighted by Gasteiger charge is -2.05. The zero-order chi connectivity index (χ0) is 11.8. The second-order valence-electron chi connectivity index (χ2n) is 3.44. The van der Waals surface area contributed by atoms with Gasteiger partial charge in [-0.25, -0.2) is 4.68 Å². The summed E-state index contributed by atoms with van der Waals surface area (Å²) in [5.41, 5.74) is 1.18. The van der Waals surface area contributed by atoms with Crippen molar-refractivity contribution in [3.63, 3.8) is 0 Å². The van der Waals surface area contributed by atoms with Crippen LogP contribution in [0.3, 0.4) is 0 Å². The second kappa shape index (κ2) is 7.08. The van der Waals surface area contributed by atoms with Crippen LogP contribution in [-0.2, 0) is 17.7 Å². The van der Waals surface area contributed by atoms with E-state index in [1.807, 2.05) is 0 Å². The number of carbonyl (C=O) groups excluding carboxylic acids is 1. The highest BCUT2D eigenvalue weighted by Gasteiger charge is 2.11. The molecule has 0 radical (unpaired) electrons. The molecule has 0 saturated carbocycles. The number of unbranched alkanes of at least 4 members (excludes halogenated alkanes) is 1. The summed E-state index contributed by atoms with van der Waals surface area (Å²) in [4.78, 5) is 10.7. The van der Waals surface area contributed by atoms with Crippen LogP contribution < -0.4 is 0 Å². The summed E-state index contributed by atoms with van der Waals surface area (Å²) in [6, 6.07) is 0. The van der Waals surface area contributed by atoms with E-state index < -0.39 is 0 Å². The van der Waals surface area contributed by atoms with Gasteiger partial charge in [-0.15, -0.1) is 5.10 Å². The predicted octanol–water partition coefficient (Wildman–Crippen LogP) is 0.0520. The third kappa shape index (κ3) is 3.39. The molecule has 1 aromatic rings. The number of hydrogen-bond donors (Lipinski definition) is 1. The monoisotopic (exact) mass is 227 g/mol. The van der Waals surface area contributed by atoms with Crippen LogP contribution in [-0.4, -0.2) is 46.7 Å². The molecule has 6 nitrogen and oxygen atoms in total. The number of aliphatic hydroxyl groups excluding tert-OH is 1. The molecule has 0 aliphatic carbocycles. The van der Waals surface area contributed by atoms with Gasteiger partial charge in [-0.1, -0.05) is 5.21 Å². The van der Waals surface area contributed by atoms with E-state index in [1.165, 1.54) is 0 Å². The number of aldehydes is 1. The Morgan fingerprint density at radius 3 is 2.94 bits per heavy atom. The third-order valence-electron chi connectivity index (χ3n) is 2.30. The Balaban J connectivity index is 2.66. The summed E-state index contributed by atoms with van der Waals surface area (Å²) < 4.78 is 6.68. The molecule has 0 aliphatic heterocycles. The molecule has 1 rings (SSSR count). The fourth-order valence-electron chi connectivity index (χ4n) is 1.45. The van der Waals surface area contributed by atoms with E-state index in [2.05, 4.69) is 10.3 Å². The molecular formula is C10H17N3O3. The highest BCUT2D eigenvalue weighted by atomic mass is 16.5. The quantitative estimate of drug-likeness (QED) is 0.501. The fraction of sp³-hybridized carbons (Fsp3) is 0.700. The van der Waals surface area contributed by atoms with Crippen LogP contribution in [0.1, 0.15) is 29.0 Å². The molecule has 0 spiro atoms. The number of aryl methyl sites for hydroxylation is 1. The van der Waals surface area contributed by atoms with Gasteiger partial charge in [0.25, 0.3) is 0 Å². The Labute approximate surface area is 94.2 Å². The number of aliphatic hydroxyl groups is 1. The van der Waals surface area contributed by atoms with Crippen LogP contribution in [0, 0.1) is 0 Å². The van der Waals surface area contributed by atoms with Crippen molar-refractivity contribution in [2.45, 2.75) is 25.8 Å². The zero-order valence-corrected chi connectivity index (χ0v) is 9.43. The summed E-state index contributed by atoms with van der Waals surface area (Å²) in [5.74, 6) is 0. The van der Waals surface area contributed by atoms with Crippen molar-refractivity contribution in [1.82, 2.24) is 15.0 Å². The van der Waals surface area contributed by atoms with Crippen LogP contribution in [0.4, 0.5) is 0 Å². The molecule has 16 heavy (non-hydrogen) atoms. The lowest BCUT2D eigenvalue weighted by atomic mass is 10.2. The van der Waals surface area contributed by atoms with Crippen LogP contribution in [0.25, 0.3) is 0 Å². The van der Waals surface area contributed by atoms with E-state index in [-0.39, 0.29) is 6.61 Å². The molecule has 0 atom stereocenters. The molecule has 0 fully saturated rings. The van der Waals surface area contributed by atoms with Crippen molar-refractivity contribution in [3.8, 4) is 0 Å². The normalized spacial score (nSPS) is 10.6. The molecule has 1 N–H and O–H groups in total. The van der Waals surface area contributed by atoms with Crippen LogP contribution in [0.15, 0.2) is 0 Å². The van der Waals surface area contributed by atoms with Crippen molar-refractivity contribution < 1.29 is 14.6 Å². The number of carbonyl (C=O) groups is 1. The van der Waals surface area contributed by atoms with Gasteiger partial charge in [0.15, 0.2) is 6.29 Å². The number of methoxy groups -OCH3 is 1. The molecule has 1 aromatic heterocycles. The maximum Gasteiger partial charge on any atom is 0.172 e. The molecule has 0 aliphatic rings. The first kappa shape index (κ1) is 12.8. The Hall–Kier alpha value is -1.27. The Morgan fingerprint density at radius 2 is 2.31 bits per heavy atom. The van der Waals surface area contributed by atoms with Gasteiger partial charge in [-0.2, -0.15) is 0 Å². The molecule has 0 saturated heterocycles. The molecular weight excluding hydrogens is 210 g/mol. The van der Waals surface area contributed by atoms with Crippen LogP contribution in [0.2, 0.25) is 0 Å². The third-order valence-corrected chi connectivity index (χ3v) is 2.30. The average molecular weight is 227 g/mol. The van der Waals surface area contributed by atoms with Gasteiger partial charge in [-0.3, -0.25) is 4.79 Å². The van der Waals surface area contributed by atoms with E-state index in [9.17, 15) is 4.79 Å². The van der Waals surface area contributed by atoms with Crippen molar-refractivity contribution >= 4 is 6.29 Å². The Morgan fingerprint density at radius 1 is 1.50 bits per heavy atom. The van der Waals surface area contributed by atoms with Gasteiger partial charge in [0.1, 0.15) is 5.69 Å². The SMILES string of the molecule is COCCc1c(C=O)nnn1CCCCO. The first-order valence-corrected chi connectivity index (χ1v) is 5.30. The van der Waals surface area contributed by atoms with E-state index in [4.69, 9.17) is 9.84 Å². The minimum atomic E-state index is 0.169. The smallest absolute Gasteiger partial charge is 0.172 e. The summed E-state index contributed by atoms with van der Waals surface area (Å²) in [7, 11) is 1.61. The molecule has 1 heterocycles. The van der Waals surface area contributed by atoms with Crippen LogP contribution >= 0.6 is 0 Å². The second-order valence-corrected chi connectivity index (χ2v) is 3.44. The van der Waals surface area contributed by atoms with Gasteiger partial charge in [0, 0.05) is 26.7 Å². The zero-order valence-electron chi connectivity index (χ0n) is 9.43. The topological polar surface area (TPSA) is 77.2 Å². The lowest BCUT2D eigenvalue weighted by molar-refractivity contribution is 0.111. The number of ether oxygens (including phenoxy) is 1. The van der Waals surface area contributed by atoms with E-state index in [0.29, 0.717) is 31.6 Å². The fourth-order valence-corrected chi connectivity index (χ4v) is 1.45. The largest absolute Gasteiger partial charge is 0.396 e. The number of hydrogen-bond acceptors (Lipinski definition) is 5. The molecule has 0 unspecified atom stereocenters. The number of nitrogens with zero attached hydrogens (tertiary/aromatic N) is 3. The maximum atomic E-state index is 10.7. The average Bonchev–Trinajstić information content (AvgIpc) is 2.69. The van der Waals surface area contributed by atoms with Crippen LogP contribution in [0.5, 0.6) is 0 Å². The van der Waals surface area contributed by atoms with Crippen molar-refractivity contribution in [1.29, 1.82) is 0 Å². The minimum Gasteiger partial charge on any atom is -0.396 e. The summed E-state index contributed by atoms with van der Waals surface area (Å²) in [6.45, 7) is 1.37. The first-order valence-electron chi connectivity index (χ1n) is 5.30. The highest BCUT2D eigenvalue weighted by molar-refractivity contribution is 5.73. The van der Waals surface area contributed by atoms with Gasteiger partial charge in [0.2, 0.25) is 0 Å². The molecule has 0 aromatic carbocycles. The van der Waals surface area contributed by atoms with Gasteiger partial charge in [0.05, 0.1) is 12.3 Å². The molecule has 90 valence electrons. The molecule has 0 bridgehead atoms.